The van der Waals surface area contributed by atoms with Crippen molar-refractivity contribution < 1.29 is 13.9 Å². The van der Waals surface area contributed by atoms with Crippen molar-refractivity contribution in [2.45, 2.75) is 13.3 Å². The molecule has 1 aliphatic heterocycles. The van der Waals surface area contributed by atoms with Gasteiger partial charge in [-0.1, -0.05) is 35.9 Å². The molecule has 30 heavy (non-hydrogen) atoms. The summed E-state index contributed by atoms with van der Waals surface area (Å²) in [6.07, 6.45) is 1.59. The van der Waals surface area contributed by atoms with Gasteiger partial charge in [0.25, 0.3) is 5.91 Å². The number of para-hydroxylation sites is 1. The van der Waals surface area contributed by atoms with Crippen LogP contribution in [0, 0.1) is 5.82 Å². The molecular formula is C22H22ClFN4O2. The molecule has 1 amide bonds. The molecule has 0 bridgehead atoms. The summed E-state index contributed by atoms with van der Waals surface area (Å²) in [5.41, 5.74) is 1.41. The molecule has 156 valence electrons. The van der Waals surface area contributed by atoms with Crippen LogP contribution in [-0.4, -0.2) is 51.7 Å². The third kappa shape index (κ3) is 4.80. The van der Waals surface area contributed by atoms with Crippen LogP contribution in [0.15, 0.2) is 60.8 Å². The van der Waals surface area contributed by atoms with Gasteiger partial charge in [0.15, 0.2) is 6.73 Å². The van der Waals surface area contributed by atoms with Gasteiger partial charge in [-0.05, 0) is 35.9 Å². The zero-order valence-electron chi connectivity index (χ0n) is 16.4. The summed E-state index contributed by atoms with van der Waals surface area (Å²) in [5.74, 6) is 0.230. The maximum atomic E-state index is 13.4. The first-order chi connectivity index (χ1) is 14.6. The first-order valence-corrected chi connectivity index (χ1v) is 10.1. The molecule has 1 fully saturated rings. The van der Waals surface area contributed by atoms with Crippen molar-refractivity contribution in [3.8, 4) is 5.75 Å². The molecule has 0 radical (unpaired) electrons. The highest BCUT2D eigenvalue weighted by Gasteiger charge is 2.24. The van der Waals surface area contributed by atoms with Gasteiger partial charge in [-0.15, -0.1) is 0 Å². The Morgan fingerprint density at radius 1 is 1.07 bits per heavy atom. The van der Waals surface area contributed by atoms with E-state index in [1.54, 1.807) is 36.5 Å². The number of benzene rings is 2. The molecule has 1 aliphatic rings. The second-order valence-corrected chi connectivity index (χ2v) is 7.53. The molecular weight excluding hydrogens is 407 g/mol. The molecule has 0 spiro atoms. The molecule has 2 aromatic carbocycles. The lowest BCUT2D eigenvalue weighted by atomic mass is 10.2. The highest BCUT2D eigenvalue weighted by atomic mass is 35.5. The van der Waals surface area contributed by atoms with E-state index in [-0.39, 0.29) is 18.5 Å². The van der Waals surface area contributed by atoms with Crippen molar-refractivity contribution in [3.05, 3.63) is 82.9 Å². The smallest absolute Gasteiger partial charge is 0.272 e. The maximum absolute atomic E-state index is 13.4. The predicted molar refractivity (Wildman–Crippen MR) is 112 cm³/mol. The maximum Gasteiger partial charge on any atom is 0.272 e. The van der Waals surface area contributed by atoms with Crippen molar-refractivity contribution in [1.82, 2.24) is 19.6 Å². The van der Waals surface area contributed by atoms with Crippen LogP contribution >= 0.6 is 11.6 Å². The van der Waals surface area contributed by atoms with Gasteiger partial charge in [0, 0.05) is 38.9 Å². The topological polar surface area (TPSA) is 50.6 Å². The van der Waals surface area contributed by atoms with Crippen molar-refractivity contribution >= 4 is 17.5 Å². The van der Waals surface area contributed by atoms with Gasteiger partial charge in [0.2, 0.25) is 0 Å². The van der Waals surface area contributed by atoms with Crippen LogP contribution in [0.2, 0.25) is 5.02 Å². The van der Waals surface area contributed by atoms with Crippen LogP contribution in [0.1, 0.15) is 16.1 Å². The number of ether oxygens (including phenoxy) is 1. The summed E-state index contributed by atoms with van der Waals surface area (Å²) in [5, 5.41) is 4.72. The van der Waals surface area contributed by atoms with Crippen LogP contribution < -0.4 is 4.74 Å². The Morgan fingerprint density at radius 2 is 1.87 bits per heavy atom. The Hall–Kier alpha value is -2.90. The molecule has 0 N–H and O–H groups in total. The molecule has 0 unspecified atom stereocenters. The van der Waals surface area contributed by atoms with E-state index in [4.69, 9.17) is 16.3 Å². The number of carbonyl (C=O) groups excluding carboxylic acids is 1. The molecule has 0 atom stereocenters. The Bertz CT molecular complexity index is 1020. The Balaban J connectivity index is 1.33. The minimum atomic E-state index is -0.228. The molecule has 1 aromatic heterocycles. The number of hydrogen-bond donors (Lipinski definition) is 0. The molecule has 1 saturated heterocycles. The monoisotopic (exact) mass is 428 g/mol. The van der Waals surface area contributed by atoms with Gasteiger partial charge in [-0.3, -0.25) is 9.69 Å². The standard InChI is InChI=1S/C22H22ClFN4O2/c23-19-6-1-2-7-21(19)30-16-28-20(8-9-25-28)22(29)27-12-10-26(11-13-27)15-17-4-3-5-18(24)14-17/h1-9,14H,10-13,15-16H2. The average Bonchev–Trinajstić information content (AvgIpc) is 3.22. The van der Waals surface area contributed by atoms with Crippen LogP contribution in [-0.2, 0) is 13.3 Å². The Morgan fingerprint density at radius 3 is 2.63 bits per heavy atom. The van der Waals surface area contributed by atoms with Crippen LogP contribution in [0.5, 0.6) is 5.75 Å². The second-order valence-electron chi connectivity index (χ2n) is 7.12. The zero-order chi connectivity index (χ0) is 20.9. The minimum absolute atomic E-state index is 0.0827. The van der Waals surface area contributed by atoms with Crippen molar-refractivity contribution in [1.29, 1.82) is 0 Å². The summed E-state index contributed by atoms with van der Waals surface area (Å²) >= 11 is 6.11. The summed E-state index contributed by atoms with van der Waals surface area (Å²) in [6, 6.07) is 15.5. The normalized spacial score (nSPS) is 14.7. The number of aromatic nitrogens is 2. The number of carbonyl (C=O) groups is 1. The predicted octanol–water partition coefficient (Wildman–Crippen LogP) is 3.67. The van der Waals surface area contributed by atoms with Crippen LogP contribution in [0.25, 0.3) is 0 Å². The number of nitrogens with zero attached hydrogens (tertiary/aromatic N) is 4. The summed E-state index contributed by atoms with van der Waals surface area (Å²) in [7, 11) is 0. The fourth-order valence-electron chi connectivity index (χ4n) is 3.47. The summed E-state index contributed by atoms with van der Waals surface area (Å²) in [4.78, 5) is 17.0. The fourth-order valence-corrected chi connectivity index (χ4v) is 3.66. The van der Waals surface area contributed by atoms with Crippen molar-refractivity contribution in [2.75, 3.05) is 26.2 Å². The quantitative estimate of drug-likeness (QED) is 0.601. The Kier molecular flexibility index (Phi) is 6.30. The first-order valence-electron chi connectivity index (χ1n) is 9.75. The van der Waals surface area contributed by atoms with Gasteiger partial charge in [0.1, 0.15) is 17.3 Å². The van der Waals surface area contributed by atoms with Crippen LogP contribution in [0.3, 0.4) is 0 Å². The average molecular weight is 429 g/mol. The van der Waals surface area contributed by atoms with E-state index in [0.717, 1.165) is 18.7 Å². The number of hydrogen-bond acceptors (Lipinski definition) is 4. The van der Waals surface area contributed by atoms with E-state index < -0.39 is 0 Å². The number of rotatable bonds is 6. The van der Waals surface area contributed by atoms with Gasteiger partial charge >= 0.3 is 0 Å². The number of halogens is 2. The van der Waals surface area contributed by atoms with E-state index in [2.05, 4.69) is 10.00 Å². The summed E-state index contributed by atoms with van der Waals surface area (Å²) < 4.78 is 20.6. The molecule has 4 rings (SSSR count). The Labute approximate surface area is 179 Å². The third-order valence-electron chi connectivity index (χ3n) is 5.07. The molecule has 6 nitrogen and oxygen atoms in total. The van der Waals surface area contributed by atoms with Crippen LogP contribution in [0.4, 0.5) is 4.39 Å². The largest absolute Gasteiger partial charge is 0.470 e. The van der Waals surface area contributed by atoms with Gasteiger partial charge in [-0.25, -0.2) is 9.07 Å². The van der Waals surface area contributed by atoms with E-state index in [9.17, 15) is 9.18 Å². The molecule has 2 heterocycles. The van der Waals surface area contributed by atoms with Crippen molar-refractivity contribution in [2.24, 2.45) is 0 Å². The number of amides is 1. The lowest BCUT2D eigenvalue weighted by Gasteiger charge is -2.34. The van der Waals surface area contributed by atoms with E-state index in [0.29, 0.717) is 36.1 Å². The number of piperazine rings is 1. The molecule has 8 heteroatoms. The van der Waals surface area contributed by atoms with E-state index >= 15 is 0 Å². The van der Waals surface area contributed by atoms with Gasteiger partial charge in [0.05, 0.1) is 5.02 Å². The van der Waals surface area contributed by atoms with E-state index in [1.807, 2.05) is 23.1 Å². The third-order valence-corrected chi connectivity index (χ3v) is 5.38. The fraction of sp³-hybridized carbons (Fsp3) is 0.273. The molecule has 3 aromatic rings. The van der Waals surface area contributed by atoms with Gasteiger partial charge in [-0.2, -0.15) is 5.10 Å². The molecule has 0 saturated carbocycles. The highest BCUT2D eigenvalue weighted by molar-refractivity contribution is 6.32. The SMILES string of the molecule is O=C(c1ccnn1COc1ccccc1Cl)N1CCN(Cc2cccc(F)c2)CC1. The highest BCUT2D eigenvalue weighted by Crippen LogP contribution is 2.23. The zero-order valence-corrected chi connectivity index (χ0v) is 17.1. The first kappa shape index (κ1) is 20.4. The second kappa shape index (κ2) is 9.28. The van der Waals surface area contributed by atoms with Crippen molar-refractivity contribution in [3.63, 3.8) is 0 Å². The lowest BCUT2D eigenvalue weighted by molar-refractivity contribution is 0.0607. The van der Waals surface area contributed by atoms with Gasteiger partial charge < -0.3 is 9.64 Å². The molecule has 0 aliphatic carbocycles. The summed E-state index contributed by atoms with van der Waals surface area (Å²) in [6.45, 7) is 3.43. The lowest BCUT2D eigenvalue weighted by Crippen LogP contribution is -2.48. The van der Waals surface area contributed by atoms with E-state index in [1.165, 1.54) is 10.7 Å². The minimum Gasteiger partial charge on any atom is -0.470 e.